The zero-order chi connectivity index (χ0) is 17.7. The Bertz CT molecular complexity index is 664. The molecule has 1 heterocycles. The quantitative estimate of drug-likeness (QED) is 0.693. The molecule has 1 amide bonds. The molecule has 0 N–H and O–H groups in total. The molecule has 0 aliphatic rings. The number of benzene rings is 1. The highest BCUT2D eigenvalue weighted by atomic mass is 79.9. The maximum absolute atomic E-state index is 12.5. The van der Waals surface area contributed by atoms with Crippen molar-refractivity contribution in [3.8, 4) is 0 Å². The minimum absolute atomic E-state index is 0.00900. The second kappa shape index (κ2) is 8.49. The molecule has 0 radical (unpaired) electrons. The van der Waals surface area contributed by atoms with E-state index in [2.05, 4.69) is 41.6 Å². The van der Waals surface area contributed by atoms with E-state index >= 15 is 0 Å². The van der Waals surface area contributed by atoms with Gasteiger partial charge in [0.25, 0.3) is 5.91 Å². The Kier molecular flexibility index (Phi) is 6.63. The normalized spacial score (nSPS) is 11.3. The van der Waals surface area contributed by atoms with Crippen LogP contribution in [0.2, 0.25) is 0 Å². The van der Waals surface area contributed by atoms with Crippen LogP contribution in [0.15, 0.2) is 45.5 Å². The molecule has 0 saturated heterocycles. The van der Waals surface area contributed by atoms with Gasteiger partial charge in [-0.3, -0.25) is 9.69 Å². The monoisotopic (exact) mass is 392 g/mol. The van der Waals surface area contributed by atoms with Crippen molar-refractivity contribution in [3.63, 3.8) is 0 Å². The number of hydrogen-bond donors (Lipinski definition) is 0. The molecule has 4 nitrogen and oxygen atoms in total. The smallest absolute Gasteiger partial charge is 0.254 e. The molecule has 2 rings (SSSR count). The summed E-state index contributed by atoms with van der Waals surface area (Å²) in [7, 11) is 1.78. The molecule has 130 valence electrons. The van der Waals surface area contributed by atoms with Crippen LogP contribution in [0.25, 0.3) is 0 Å². The molecule has 0 aliphatic heterocycles. The third-order valence-electron chi connectivity index (χ3n) is 4.09. The molecule has 0 fully saturated rings. The Morgan fingerprint density at radius 1 is 1.12 bits per heavy atom. The highest BCUT2D eigenvalue weighted by Gasteiger charge is 2.14. The van der Waals surface area contributed by atoms with E-state index in [0.29, 0.717) is 22.8 Å². The van der Waals surface area contributed by atoms with Crippen LogP contribution in [0, 0.1) is 0 Å². The van der Waals surface area contributed by atoms with E-state index in [9.17, 15) is 4.79 Å². The predicted molar refractivity (Wildman–Crippen MR) is 99.9 cm³/mol. The van der Waals surface area contributed by atoms with Gasteiger partial charge in [0, 0.05) is 25.2 Å². The number of furan rings is 1. The van der Waals surface area contributed by atoms with Gasteiger partial charge in [0.15, 0.2) is 4.67 Å². The van der Waals surface area contributed by atoms with Crippen LogP contribution in [0.1, 0.15) is 42.5 Å². The predicted octanol–water partition coefficient (Wildman–Crippen LogP) is 4.54. The molecular weight excluding hydrogens is 368 g/mol. The number of hydrogen-bond acceptors (Lipinski definition) is 3. The molecular formula is C19H25BrN2O2. The summed E-state index contributed by atoms with van der Waals surface area (Å²) in [5.74, 6) is 0.746. The fraction of sp³-hybridized carbons (Fsp3) is 0.421. The fourth-order valence-electron chi connectivity index (χ4n) is 2.61. The molecule has 0 unspecified atom stereocenters. The molecule has 0 bridgehead atoms. The molecule has 0 saturated carbocycles. The van der Waals surface area contributed by atoms with Gasteiger partial charge in [-0.2, -0.15) is 0 Å². The summed E-state index contributed by atoms with van der Waals surface area (Å²) in [5.41, 5.74) is 1.92. The Labute approximate surface area is 152 Å². The highest BCUT2D eigenvalue weighted by Crippen LogP contribution is 2.17. The van der Waals surface area contributed by atoms with E-state index in [1.807, 2.05) is 36.4 Å². The van der Waals surface area contributed by atoms with E-state index < -0.39 is 0 Å². The first-order valence-corrected chi connectivity index (χ1v) is 9.02. The lowest BCUT2D eigenvalue weighted by molar-refractivity contribution is 0.0775. The van der Waals surface area contributed by atoms with Crippen molar-refractivity contribution in [2.24, 2.45) is 0 Å². The average Bonchev–Trinajstić information content (AvgIpc) is 2.97. The van der Waals surface area contributed by atoms with Crippen molar-refractivity contribution in [3.05, 3.63) is 58.0 Å². The number of carbonyl (C=O) groups is 1. The lowest BCUT2D eigenvalue weighted by Crippen LogP contribution is -2.30. The molecule has 24 heavy (non-hydrogen) atoms. The van der Waals surface area contributed by atoms with Crippen LogP contribution in [0.4, 0.5) is 0 Å². The fourth-order valence-corrected chi connectivity index (χ4v) is 2.95. The maximum Gasteiger partial charge on any atom is 0.254 e. The Morgan fingerprint density at radius 2 is 1.79 bits per heavy atom. The van der Waals surface area contributed by atoms with Gasteiger partial charge in [-0.25, -0.2) is 0 Å². The Hall–Kier alpha value is -1.59. The van der Waals surface area contributed by atoms with Crippen LogP contribution in [0.3, 0.4) is 0 Å². The summed E-state index contributed by atoms with van der Waals surface area (Å²) in [6, 6.07) is 12.1. The zero-order valence-corrected chi connectivity index (χ0v) is 16.3. The van der Waals surface area contributed by atoms with Gasteiger partial charge in [-0.05, 0) is 66.2 Å². The van der Waals surface area contributed by atoms with Crippen molar-refractivity contribution in [2.45, 2.75) is 39.9 Å². The van der Waals surface area contributed by atoms with Crippen LogP contribution < -0.4 is 0 Å². The van der Waals surface area contributed by atoms with Gasteiger partial charge >= 0.3 is 0 Å². The van der Waals surface area contributed by atoms with E-state index in [0.717, 1.165) is 18.8 Å². The van der Waals surface area contributed by atoms with Gasteiger partial charge in [0.05, 0.1) is 6.54 Å². The van der Waals surface area contributed by atoms with E-state index in [1.165, 1.54) is 5.56 Å². The molecule has 0 aliphatic carbocycles. The zero-order valence-electron chi connectivity index (χ0n) is 14.8. The second-order valence-electron chi connectivity index (χ2n) is 6.22. The molecule has 5 heteroatoms. The summed E-state index contributed by atoms with van der Waals surface area (Å²) < 4.78 is 6.13. The summed E-state index contributed by atoms with van der Waals surface area (Å²) in [4.78, 5) is 16.6. The molecule has 0 spiro atoms. The summed E-state index contributed by atoms with van der Waals surface area (Å²) in [5, 5.41) is 0. The van der Waals surface area contributed by atoms with E-state index in [1.54, 1.807) is 11.9 Å². The molecule has 0 atom stereocenters. The molecule has 2 aromatic rings. The summed E-state index contributed by atoms with van der Waals surface area (Å²) in [6.07, 6.45) is 0. The largest absolute Gasteiger partial charge is 0.452 e. The Balaban J connectivity index is 2.00. The molecule has 1 aromatic heterocycles. The van der Waals surface area contributed by atoms with E-state index in [4.69, 9.17) is 4.42 Å². The van der Waals surface area contributed by atoms with Crippen LogP contribution in [-0.4, -0.2) is 35.3 Å². The summed E-state index contributed by atoms with van der Waals surface area (Å²) in [6.45, 7) is 8.92. The SMILES string of the molecule is CCN(Cc1ccc(C(=O)N(C)Cc2ccc(Br)o2)cc1)C(C)C. The summed E-state index contributed by atoms with van der Waals surface area (Å²) >= 11 is 3.27. The van der Waals surface area contributed by atoms with Crippen LogP contribution in [-0.2, 0) is 13.1 Å². The third-order valence-corrected chi connectivity index (χ3v) is 4.52. The van der Waals surface area contributed by atoms with Crippen LogP contribution >= 0.6 is 15.9 Å². The van der Waals surface area contributed by atoms with Gasteiger partial charge < -0.3 is 9.32 Å². The number of carbonyl (C=O) groups excluding carboxylic acids is 1. The number of rotatable bonds is 7. The van der Waals surface area contributed by atoms with Crippen LogP contribution in [0.5, 0.6) is 0 Å². The average molecular weight is 393 g/mol. The maximum atomic E-state index is 12.5. The minimum Gasteiger partial charge on any atom is -0.452 e. The van der Waals surface area contributed by atoms with Crippen molar-refractivity contribution in [2.75, 3.05) is 13.6 Å². The first-order chi connectivity index (χ1) is 11.4. The number of halogens is 1. The van der Waals surface area contributed by atoms with Gasteiger partial charge in [0.1, 0.15) is 5.76 Å². The first-order valence-electron chi connectivity index (χ1n) is 8.23. The second-order valence-corrected chi connectivity index (χ2v) is 7.00. The lowest BCUT2D eigenvalue weighted by Gasteiger charge is -2.24. The van der Waals surface area contributed by atoms with Crippen molar-refractivity contribution in [1.82, 2.24) is 9.80 Å². The van der Waals surface area contributed by atoms with Gasteiger partial charge in [0.2, 0.25) is 0 Å². The molecule has 1 aromatic carbocycles. The standard InChI is InChI=1S/C19H25BrN2O2/c1-5-22(14(2)3)12-15-6-8-16(9-7-15)19(23)21(4)13-17-10-11-18(20)24-17/h6-11,14H,5,12-13H2,1-4H3. The first kappa shape index (κ1) is 18.7. The Morgan fingerprint density at radius 3 is 2.29 bits per heavy atom. The third kappa shape index (κ3) is 4.95. The van der Waals surface area contributed by atoms with Crippen molar-refractivity contribution >= 4 is 21.8 Å². The minimum atomic E-state index is -0.00900. The van der Waals surface area contributed by atoms with Crippen molar-refractivity contribution < 1.29 is 9.21 Å². The van der Waals surface area contributed by atoms with Gasteiger partial charge in [-0.1, -0.05) is 19.1 Å². The highest BCUT2D eigenvalue weighted by molar-refractivity contribution is 9.10. The van der Waals surface area contributed by atoms with Gasteiger partial charge in [-0.15, -0.1) is 0 Å². The number of nitrogens with zero attached hydrogens (tertiary/aromatic N) is 2. The number of amides is 1. The van der Waals surface area contributed by atoms with E-state index in [-0.39, 0.29) is 5.91 Å². The van der Waals surface area contributed by atoms with Crippen molar-refractivity contribution in [1.29, 1.82) is 0 Å². The lowest BCUT2D eigenvalue weighted by atomic mass is 10.1. The topological polar surface area (TPSA) is 36.7 Å².